The highest BCUT2D eigenvalue weighted by atomic mass is 28.4. The minimum absolute atomic E-state index is 0.0297. The van der Waals surface area contributed by atoms with Crippen LogP contribution in [-0.4, -0.2) is 66.7 Å². The molecule has 1 aliphatic carbocycles. The standard InChI is InChI=1S/C41H52N6O5Si2/c1-24(48)45-35-27-17-14-18-28-34(27)29(25-15-12-13-16-26(25)37(28)49)19-30(35)46-38-36-39(43-22-42-38)47(23-44-36)33-20-31(52-54(10,11)41(5,6)7)32(51-33)21-50-53(8,9)40(2,3)4/h12-19,22-23,31-33H,20-21H2,1-11H3,(H,45,48)(H,42,43,46)/t31-,32+,33+/m0/s1. The number of anilines is 3. The molecule has 54 heavy (non-hydrogen) atoms. The minimum atomic E-state index is -2.15. The number of fused-ring (bicyclic) bond motifs is 3. The monoisotopic (exact) mass is 764 g/mol. The summed E-state index contributed by atoms with van der Waals surface area (Å²) in [6, 6.07) is 15.2. The van der Waals surface area contributed by atoms with Crippen LogP contribution in [0, 0.1) is 0 Å². The average Bonchev–Trinajstić information content (AvgIpc) is 3.70. The Morgan fingerprint density at radius 1 is 0.907 bits per heavy atom. The fourth-order valence-electron chi connectivity index (χ4n) is 6.85. The lowest BCUT2D eigenvalue weighted by atomic mass is 9.82. The second-order valence-electron chi connectivity index (χ2n) is 17.7. The van der Waals surface area contributed by atoms with Crippen molar-refractivity contribution in [1.29, 1.82) is 0 Å². The maximum atomic E-state index is 13.6. The van der Waals surface area contributed by atoms with Gasteiger partial charge in [-0.1, -0.05) is 84.0 Å². The van der Waals surface area contributed by atoms with Crippen LogP contribution in [0.25, 0.3) is 33.1 Å². The molecule has 3 aromatic carbocycles. The van der Waals surface area contributed by atoms with Gasteiger partial charge in [-0.2, -0.15) is 0 Å². The molecule has 0 saturated carbocycles. The molecule has 11 nitrogen and oxygen atoms in total. The lowest BCUT2D eigenvalue weighted by Crippen LogP contribution is -2.48. The number of aromatic nitrogens is 4. The first-order valence-electron chi connectivity index (χ1n) is 18.7. The van der Waals surface area contributed by atoms with Crippen LogP contribution < -0.4 is 10.6 Å². The van der Waals surface area contributed by atoms with E-state index in [2.05, 4.69) is 88.3 Å². The lowest BCUT2D eigenvalue weighted by molar-refractivity contribution is -0.114. The molecule has 3 heterocycles. The molecule has 1 fully saturated rings. The van der Waals surface area contributed by atoms with Gasteiger partial charge in [0.2, 0.25) is 5.91 Å². The number of nitrogens with one attached hydrogen (secondary N) is 2. The topological polar surface area (TPSA) is 129 Å². The van der Waals surface area contributed by atoms with Gasteiger partial charge in [-0.05, 0) is 53.5 Å². The van der Waals surface area contributed by atoms with E-state index in [-0.39, 0.29) is 40.2 Å². The molecule has 0 spiro atoms. The Labute approximate surface area is 319 Å². The summed E-state index contributed by atoms with van der Waals surface area (Å²) in [7, 11) is -4.20. The fourth-order valence-corrected chi connectivity index (χ4v) is 9.22. The fraction of sp³-hybridized carbons (Fsp3) is 0.439. The highest BCUT2D eigenvalue weighted by Crippen LogP contribution is 2.47. The van der Waals surface area contributed by atoms with Gasteiger partial charge < -0.3 is 24.2 Å². The third-order valence-electron chi connectivity index (χ3n) is 11.9. The van der Waals surface area contributed by atoms with Gasteiger partial charge in [-0.3, -0.25) is 14.2 Å². The Bertz CT molecular complexity index is 2290. The van der Waals surface area contributed by atoms with Crippen LogP contribution in [0.4, 0.5) is 17.2 Å². The first-order chi connectivity index (χ1) is 25.3. The molecule has 1 amide bonds. The van der Waals surface area contributed by atoms with Gasteiger partial charge in [0, 0.05) is 35.2 Å². The van der Waals surface area contributed by atoms with E-state index in [1.807, 2.05) is 53.1 Å². The molecule has 0 unspecified atom stereocenters. The van der Waals surface area contributed by atoms with Crippen LogP contribution >= 0.6 is 0 Å². The number of rotatable bonds is 9. The van der Waals surface area contributed by atoms with E-state index in [0.717, 1.165) is 21.9 Å². The maximum absolute atomic E-state index is 13.6. The van der Waals surface area contributed by atoms with E-state index >= 15 is 0 Å². The van der Waals surface area contributed by atoms with E-state index in [9.17, 15) is 9.59 Å². The van der Waals surface area contributed by atoms with Crippen molar-refractivity contribution in [2.45, 2.75) is 110 Å². The highest BCUT2D eigenvalue weighted by Gasteiger charge is 2.47. The van der Waals surface area contributed by atoms with Gasteiger partial charge in [-0.25, -0.2) is 15.0 Å². The summed E-state index contributed by atoms with van der Waals surface area (Å²) in [6.07, 6.45) is 3.08. The number of carbonyl (C=O) groups is 2. The van der Waals surface area contributed by atoms with Gasteiger partial charge in [-0.15, -0.1) is 0 Å². The molecule has 13 heteroatoms. The van der Waals surface area contributed by atoms with Gasteiger partial charge >= 0.3 is 0 Å². The molecule has 0 radical (unpaired) electrons. The number of hydrogen-bond donors (Lipinski definition) is 2. The van der Waals surface area contributed by atoms with Gasteiger partial charge in [0.05, 0.1) is 30.4 Å². The Hall–Kier alpha value is -4.28. The zero-order chi connectivity index (χ0) is 39.0. The van der Waals surface area contributed by atoms with Gasteiger partial charge in [0.1, 0.15) is 18.7 Å². The third-order valence-corrected chi connectivity index (χ3v) is 20.9. The van der Waals surface area contributed by atoms with Crippen molar-refractivity contribution < 1.29 is 23.2 Å². The van der Waals surface area contributed by atoms with Gasteiger partial charge in [0.25, 0.3) is 0 Å². The molecule has 1 aliphatic heterocycles. The predicted molar refractivity (Wildman–Crippen MR) is 219 cm³/mol. The molecule has 0 bridgehead atoms. The highest BCUT2D eigenvalue weighted by molar-refractivity contribution is 6.74. The van der Waals surface area contributed by atoms with Crippen LogP contribution in [0.1, 0.15) is 77.0 Å². The molecule has 1 saturated heterocycles. The van der Waals surface area contributed by atoms with Crippen LogP contribution in [-0.2, 0) is 18.4 Å². The first kappa shape index (κ1) is 38.0. The van der Waals surface area contributed by atoms with Crippen molar-refractivity contribution in [3.05, 3.63) is 72.3 Å². The van der Waals surface area contributed by atoms with E-state index in [1.165, 1.54) is 13.3 Å². The van der Waals surface area contributed by atoms with E-state index in [4.69, 9.17) is 18.6 Å². The number of imidazole rings is 1. The third kappa shape index (κ3) is 6.70. The summed E-state index contributed by atoms with van der Waals surface area (Å²) in [5, 5.41) is 8.16. The van der Waals surface area contributed by atoms with Crippen LogP contribution in [0.2, 0.25) is 36.3 Å². The first-order valence-corrected chi connectivity index (χ1v) is 24.5. The minimum Gasteiger partial charge on any atom is -0.414 e. The van der Waals surface area contributed by atoms with E-state index in [1.54, 1.807) is 6.33 Å². The van der Waals surface area contributed by atoms with Gasteiger partial charge in [0.15, 0.2) is 39.4 Å². The second kappa shape index (κ2) is 13.5. The van der Waals surface area contributed by atoms with Crippen molar-refractivity contribution in [2.24, 2.45) is 0 Å². The summed E-state index contributed by atoms with van der Waals surface area (Å²) in [5.74, 6) is 0.192. The van der Waals surface area contributed by atoms with Crippen molar-refractivity contribution in [1.82, 2.24) is 19.5 Å². The van der Waals surface area contributed by atoms with E-state index in [0.29, 0.717) is 52.5 Å². The van der Waals surface area contributed by atoms with Crippen molar-refractivity contribution in [3.63, 3.8) is 0 Å². The number of carbonyl (C=O) groups excluding carboxylic acids is 2. The van der Waals surface area contributed by atoms with E-state index < -0.39 is 16.6 Å². The molecular formula is C41H52N6O5Si2. The summed E-state index contributed by atoms with van der Waals surface area (Å²) < 4.78 is 22.5. The predicted octanol–water partition coefficient (Wildman–Crippen LogP) is 9.59. The average molecular weight is 765 g/mol. The number of ether oxygens (including phenoxy) is 1. The number of amides is 1. The van der Waals surface area contributed by atoms with Crippen LogP contribution in [0.3, 0.4) is 0 Å². The molecule has 284 valence electrons. The Morgan fingerprint density at radius 2 is 1.59 bits per heavy atom. The molecular weight excluding hydrogens is 713 g/mol. The van der Waals surface area contributed by atoms with Crippen molar-refractivity contribution in [3.8, 4) is 11.1 Å². The van der Waals surface area contributed by atoms with Crippen molar-refractivity contribution >= 4 is 67.5 Å². The number of nitrogens with zero attached hydrogens (tertiary/aromatic N) is 4. The molecule has 2 N–H and O–H groups in total. The number of benzene rings is 3. The summed E-state index contributed by atoms with van der Waals surface area (Å²) in [5.41, 5.74) is 5.29. The second-order valence-corrected chi connectivity index (χ2v) is 27.2. The van der Waals surface area contributed by atoms with Crippen LogP contribution in [0.5, 0.6) is 0 Å². The Kier molecular flexibility index (Phi) is 9.49. The quantitative estimate of drug-likeness (QED) is 0.138. The largest absolute Gasteiger partial charge is 0.414 e. The smallest absolute Gasteiger partial charge is 0.221 e. The molecule has 2 aromatic heterocycles. The lowest BCUT2D eigenvalue weighted by Gasteiger charge is -2.40. The Balaban J connectivity index is 1.26. The maximum Gasteiger partial charge on any atom is 0.221 e. The van der Waals surface area contributed by atoms with Crippen molar-refractivity contribution in [2.75, 3.05) is 17.2 Å². The zero-order valence-corrected chi connectivity index (χ0v) is 35.2. The Morgan fingerprint density at radius 3 is 2.28 bits per heavy atom. The number of ketones is 1. The molecule has 7 rings (SSSR count). The molecule has 2 aliphatic rings. The molecule has 5 aromatic rings. The SMILES string of the molecule is CC(=O)Nc1c(Nc2ncnc3c2ncn3[C@H]2C[C@H](O[Si](C)(C)C(C)(C)C)[C@@H](CO[Si](C)(C)C(C)(C)C)O2)cc2c3c(cccc13)C(=O)c1ccccc1-2. The zero-order valence-electron chi connectivity index (χ0n) is 33.2. The normalized spacial score (nSPS) is 19.0. The van der Waals surface area contributed by atoms with Crippen LogP contribution in [0.15, 0.2) is 61.2 Å². The summed E-state index contributed by atoms with van der Waals surface area (Å²) >= 11 is 0. The summed E-state index contributed by atoms with van der Waals surface area (Å²) in [6.45, 7) is 24.5. The number of hydrogen-bond acceptors (Lipinski definition) is 9. The molecule has 3 atom stereocenters. The summed E-state index contributed by atoms with van der Waals surface area (Å²) in [4.78, 5) is 40.3.